The lowest BCUT2D eigenvalue weighted by molar-refractivity contribution is -0.134. The summed E-state index contributed by atoms with van der Waals surface area (Å²) in [6.45, 7) is 0. The van der Waals surface area contributed by atoms with Crippen LogP contribution in [0.3, 0.4) is 0 Å². The van der Waals surface area contributed by atoms with E-state index in [0.717, 1.165) is 11.3 Å². The minimum absolute atomic E-state index is 0.0422. The molecule has 0 aliphatic heterocycles. The summed E-state index contributed by atoms with van der Waals surface area (Å²) in [5.74, 6) is 0.624. The van der Waals surface area contributed by atoms with Crippen LogP contribution in [-0.2, 0) is 11.2 Å². The fourth-order valence-electron chi connectivity index (χ4n) is 3.05. The lowest BCUT2D eigenvalue weighted by atomic mass is 10.0. The van der Waals surface area contributed by atoms with Crippen molar-refractivity contribution in [3.05, 3.63) is 95.6 Å². The van der Waals surface area contributed by atoms with Gasteiger partial charge in [-0.05, 0) is 72.8 Å². The van der Waals surface area contributed by atoms with E-state index in [0.29, 0.717) is 28.6 Å². The van der Waals surface area contributed by atoms with Crippen molar-refractivity contribution < 1.29 is 28.0 Å². The van der Waals surface area contributed by atoms with Crippen molar-refractivity contribution in [1.29, 1.82) is 0 Å². The molecule has 4 aromatic rings. The second-order valence-corrected chi connectivity index (χ2v) is 7.07. The van der Waals surface area contributed by atoms with E-state index >= 15 is 0 Å². The standard InChI is InChI=1S/C25H19FN2O5/c1-31-20-10-6-18(7-11-20)25-27-22(33-28-25)14-15-23(29)32-21-12-4-17(5-13-21)24(30)16-2-8-19(26)9-3-16/h2-13H,14-15H2,1H3. The van der Waals surface area contributed by atoms with E-state index in [4.69, 9.17) is 14.0 Å². The summed E-state index contributed by atoms with van der Waals surface area (Å²) in [5, 5.41) is 3.93. The molecule has 3 aromatic carbocycles. The topological polar surface area (TPSA) is 91.5 Å². The van der Waals surface area contributed by atoms with Gasteiger partial charge in [0.25, 0.3) is 0 Å². The molecule has 0 amide bonds. The number of rotatable bonds is 8. The third-order valence-electron chi connectivity index (χ3n) is 4.81. The van der Waals surface area contributed by atoms with E-state index in [-0.39, 0.29) is 18.6 Å². The van der Waals surface area contributed by atoms with Gasteiger partial charge in [0.2, 0.25) is 11.7 Å². The van der Waals surface area contributed by atoms with Crippen molar-refractivity contribution >= 4 is 11.8 Å². The molecule has 33 heavy (non-hydrogen) atoms. The predicted octanol–water partition coefficient (Wildman–Crippen LogP) is 4.65. The van der Waals surface area contributed by atoms with E-state index in [1.807, 2.05) is 12.1 Å². The molecule has 0 bridgehead atoms. The Balaban J connectivity index is 1.30. The second kappa shape index (κ2) is 9.86. The minimum atomic E-state index is -0.475. The van der Waals surface area contributed by atoms with Gasteiger partial charge in [0, 0.05) is 23.1 Å². The number of hydrogen-bond donors (Lipinski definition) is 0. The molecule has 0 atom stereocenters. The van der Waals surface area contributed by atoms with E-state index in [1.54, 1.807) is 31.4 Å². The summed E-state index contributed by atoms with van der Waals surface area (Å²) >= 11 is 0. The Kier molecular flexibility index (Phi) is 6.54. The van der Waals surface area contributed by atoms with Crippen molar-refractivity contribution in [2.24, 2.45) is 0 Å². The quantitative estimate of drug-likeness (QED) is 0.221. The van der Waals surface area contributed by atoms with Gasteiger partial charge >= 0.3 is 5.97 Å². The normalized spacial score (nSPS) is 10.6. The SMILES string of the molecule is COc1ccc(-c2noc(CCC(=O)Oc3ccc(C(=O)c4ccc(F)cc4)cc3)n2)cc1. The molecule has 0 fully saturated rings. The molecule has 7 nitrogen and oxygen atoms in total. The van der Waals surface area contributed by atoms with Gasteiger partial charge in [0.05, 0.1) is 13.5 Å². The van der Waals surface area contributed by atoms with Gasteiger partial charge in [-0.25, -0.2) is 4.39 Å². The second-order valence-electron chi connectivity index (χ2n) is 7.07. The Morgan fingerprint density at radius 2 is 1.48 bits per heavy atom. The van der Waals surface area contributed by atoms with Crippen molar-refractivity contribution in [3.63, 3.8) is 0 Å². The zero-order valence-corrected chi connectivity index (χ0v) is 17.7. The number of aryl methyl sites for hydroxylation is 1. The zero-order chi connectivity index (χ0) is 23.2. The first-order chi connectivity index (χ1) is 16.0. The highest BCUT2D eigenvalue weighted by atomic mass is 19.1. The molecule has 0 saturated heterocycles. The Morgan fingerprint density at radius 3 is 2.12 bits per heavy atom. The number of ether oxygens (including phenoxy) is 2. The number of halogens is 1. The minimum Gasteiger partial charge on any atom is -0.497 e. The number of carbonyl (C=O) groups is 2. The molecule has 1 heterocycles. The van der Waals surface area contributed by atoms with Gasteiger partial charge in [0.15, 0.2) is 5.78 Å². The van der Waals surface area contributed by atoms with Crippen molar-refractivity contribution in [3.8, 4) is 22.9 Å². The molecule has 0 saturated carbocycles. The largest absolute Gasteiger partial charge is 0.497 e. The lowest BCUT2D eigenvalue weighted by Gasteiger charge is -2.05. The summed E-state index contributed by atoms with van der Waals surface area (Å²) in [6, 6.07) is 18.7. The van der Waals surface area contributed by atoms with Crippen molar-refractivity contribution in [2.75, 3.05) is 7.11 Å². The number of esters is 1. The summed E-state index contributed by atoms with van der Waals surface area (Å²) in [5.41, 5.74) is 1.54. The van der Waals surface area contributed by atoms with Crippen LogP contribution in [0.25, 0.3) is 11.4 Å². The number of carbonyl (C=O) groups excluding carboxylic acids is 2. The average molecular weight is 446 g/mol. The molecule has 166 valence electrons. The summed E-state index contributed by atoms with van der Waals surface area (Å²) in [6.07, 6.45) is 0.267. The van der Waals surface area contributed by atoms with Crippen LogP contribution in [0.15, 0.2) is 77.3 Å². The average Bonchev–Trinajstić information content (AvgIpc) is 3.32. The Morgan fingerprint density at radius 1 is 0.879 bits per heavy atom. The maximum absolute atomic E-state index is 13.0. The fraction of sp³-hybridized carbons (Fsp3) is 0.120. The van der Waals surface area contributed by atoms with Gasteiger partial charge in [0.1, 0.15) is 17.3 Å². The Hall–Kier alpha value is -4.33. The van der Waals surface area contributed by atoms with Gasteiger partial charge in [-0.15, -0.1) is 0 Å². The number of nitrogens with zero attached hydrogens (tertiary/aromatic N) is 2. The van der Waals surface area contributed by atoms with E-state index in [2.05, 4.69) is 10.1 Å². The molecule has 0 N–H and O–H groups in total. The summed E-state index contributed by atoms with van der Waals surface area (Å²) < 4.78 is 28.7. The molecule has 0 aliphatic carbocycles. The zero-order valence-electron chi connectivity index (χ0n) is 17.7. The van der Waals surface area contributed by atoms with Crippen molar-refractivity contribution in [2.45, 2.75) is 12.8 Å². The molecule has 0 unspecified atom stereocenters. The third-order valence-corrected chi connectivity index (χ3v) is 4.81. The third kappa shape index (κ3) is 5.48. The molecular weight excluding hydrogens is 427 g/mol. The van der Waals surface area contributed by atoms with E-state index < -0.39 is 11.8 Å². The number of hydrogen-bond acceptors (Lipinski definition) is 7. The first-order valence-corrected chi connectivity index (χ1v) is 10.1. The predicted molar refractivity (Wildman–Crippen MR) is 117 cm³/mol. The maximum Gasteiger partial charge on any atom is 0.311 e. The summed E-state index contributed by atoms with van der Waals surface area (Å²) in [7, 11) is 1.59. The smallest absolute Gasteiger partial charge is 0.311 e. The Labute approximate surface area is 188 Å². The van der Waals surface area contributed by atoms with Crippen LogP contribution in [-0.4, -0.2) is 29.0 Å². The number of ketones is 1. The van der Waals surface area contributed by atoms with Crippen LogP contribution in [0.5, 0.6) is 11.5 Å². The first-order valence-electron chi connectivity index (χ1n) is 10.1. The van der Waals surface area contributed by atoms with Crippen LogP contribution in [0.2, 0.25) is 0 Å². The highest BCUT2D eigenvalue weighted by Gasteiger charge is 2.13. The highest BCUT2D eigenvalue weighted by Crippen LogP contribution is 2.20. The molecule has 1 aromatic heterocycles. The summed E-state index contributed by atoms with van der Waals surface area (Å²) in [4.78, 5) is 28.9. The molecule has 4 rings (SSSR count). The van der Waals surface area contributed by atoms with Crippen LogP contribution < -0.4 is 9.47 Å². The molecule has 8 heteroatoms. The molecule has 0 aliphatic rings. The lowest BCUT2D eigenvalue weighted by Crippen LogP contribution is -2.09. The van der Waals surface area contributed by atoms with Crippen LogP contribution in [0, 0.1) is 5.82 Å². The van der Waals surface area contributed by atoms with Gasteiger partial charge < -0.3 is 14.0 Å². The number of benzene rings is 3. The van der Waals surface area contributed by atoms with Crippen LogP contribution in [0.4, 0.5) is 4.39 Å². The van der Waals surface area contributed by atoms with Crippen LogP contribution in [0.1, 0.15) is 28.2 Å². The molecular formula is C25H19FN2O5. The number of aromatic nitrogens is 2. The van der Waals surface area contributed by atoms with E-state index in [9.17, 15) is 14.0 Å². The first kappa shape index (κ1) is 21.9. The molecule has 0 spiro atoms. The Bertz CT molecular complexity index is 1250. The maximum atomic E-state index is 13.0. The van der Waals surface area contributed by atoms with Gasteiger partial charge in [-0.3, -0.25) is 9.59 Å². The van der Waals surface area contributed by atoms with Gasteiger partial charge in [-0.2, -0.15) is 4.98 Å². The van der Waals surface area contributed by atoms with Crippen molar-refractivity contribution in [1.82, 2.24) is 10.1 Å². The van der Waals surface area contributed by atoms with E-state index in [1.165, 1.54) is 36.4 Å². The molecule has 0 radical (unpaired) electrons. The van der Waals surface area contributed by atoms with Crippen LogP contribution >= 0.6 is 0 Å². The number of methoxy groups -OCH3 is 1. The monoisotopic (exact) mass is 446 g/mol. The fourth-order valence-corrected chi connectivity index (χ4v) is 3.05. The highest BCUT2D eigenvalue weighted by molar-refractivity contribution is 6.09. The van der Waals surface area contributed by atoms with Gasteiger partial charge in [-0.1, -0.05) is 5.16 Å².